The van der Waals surface area contributed by atoms with E-state index in [1.54, 1.807) is 0 Å². The van der Waals surface area contributed by atoms with Crippen LogP contribution in [0, 0.1) is 0 Å². The number of rotatable bonds is 37. The zero-order chi connectivity index (χ0) is 44.3. The average Bonchev–Trinajstić information content (AvgIpc) is 3.23. The van der Waals surface area contributed by atoms with Gasteiger partial charge >= 0.3 is 19.8 Å². The topological polar surface area (TPSA) is 230 Å². The number of phosphoric acid groups is 1. The van der Waals surface area contributed by atoms with E-state index in [4.69, 9.17) is 23.6 Å². The summed E-state index contributed by atoms with van der Waals surface area (Å²) >= 11 is 0. The van der Waals surface area contributed by atoms with Gasteiger partial charge in [0.15, 0.2) is 6.10 Å². The fourth-order valence-electron chi connectivity index (χ4n) is 6.55. The van der Waals surface area contributed by atoms with Crippen molar-refractivity contribution in [3.63, 3.8) is 0 Å². The van der Waals surface area contributed by atoms with Crippen LogP contribution in [0.4, 0.5) is 0 Å². The SMILES string of the molecule is CCCCCCCCCCCCCCCC(=O)OC[C@H](COP(=O)(O)OC1[C@H](O)[C@H](O)C(O)[C@H](O)[C@H]1O)OC(=O)CCC/C=C\C/C=C\C/C=C\C/C=C\CCCCCO. The van der Waals surface area contributed by atoms with Crippen molar-refractivity contribution >= 4 is 19.8 Å². The Bertz CT molecular complexity index is 1240. The van der Waals surface area contributed by atoms with Crippen molar-refractivity contribution in [2.45, 2.75) is 204 Å². The van der Waals surface area contributed by atoms with Crippen LogP contribution in [0.1, 0.15) is 161 Å². The minimum atomic E-state index is -5.14. The van der Waals surface area contributed by atoms with Gasteiger partial charge in [0.1, 0.15) is 43.2 Å². The minimum Gasteiger partial charge on any atom is -0.462 e. The molecular formula is C45H79O14P. The molecule has 0 saturated heterocycles. The van der Waals surface area contributed by atoms with Gasteiger partial charge in [0.25, 0.3) is 0 Å². The summed E-state index contributed by atoms with van der Waals surface area (Å²) in [5.74, 6) is -1.18. The summed E-state index contributed by atoms with van der Waals surface area (Å²) in [7, 11) is -5.14. The molecule has 15 heteroatoms. The van der Waals surface area contributed by atoms with Gasteiger partial charge in [-0.25, -0.2) is 4.57 Å². The Labute approximate surface area is 359 Å². The van der Waals surface area contributed by atoms with Gasteiger partial charge < -0.3 is 45.0 Å². The number of esters is 2. The molecule has 0 amide bonds. The fraction of sp³-hybridized carbons (Fsp3) is 0.778. The van der Waals surface area contributed by atoms with Crippen LogP contribution in [0.5, 0.6) is 0 Å². The Balaban J connectivity index is 2.51. The molecule has 0 bridgehead atoms. The lowest BCUT2D eigenvalue weighted by atomic mass is 9.85. The van der Waals surface area contributed by atoms with E-state index in [9.17, 15) is 44.6 Å². The highest BCUT2D eigenvalue weighted by Crippen LogP contribution is 2.47. The van der Waals surface area contributed by atoms with Crippen molar-refractivity contribution in [3.05, 3.63) is 48.6 Å². The predicted molar refractivity (Wildman–Crippen MR) is 232 cm³/mol. The number of aliphatic hydroxyl groups is 6. The van der Waals surface area contributed by atoms with Gasteiger partial charge in [-0.15, -0.1) is 0 Å². The zero-order valence-corrected chi connectivity index (χ0v) is 37.1. The summed E-state index contributed by atoms with van der Waals surface area (Å²) in [6.45, 7) is 1.25. The molecule has 3 unspecified atom stereocenters. The first-order chi connectivity index (χ1) is 28.9. The molecule has 348 valence electrons. The molecule has 0 spiro atoms. The summed E-state index contributed by atoms with van der Waals surface area (Å²) in [6, 6.07) is 0. The average molecular weight is 875 g/mol. The van der Waals surface area contributed by atoms with Gasteiger partial charge in [-0.1, -0.05) is 139 Å². The molecule has 0 aromatic rings. The van der Waals surface area contributed by atoms with Gasteiger partial charge in [0.2, 0.25) is 0 Å². The molecular weight excluding hydrogens is 795 g/mol. The summed E-state index contributed by atoms with van der Waals surface area (Å²) in [5.41, 5.74) is 0. The number of phosphoric ester groups is 1. The van der Waals surface area contributed by atoms with E-state index >= 15 is 0 Å². The molecule has 0 heterocycles. The number of ether oxygens (including phenoxy) is 2. The third-order valence-electron chi connectivity index (χ3n) is 10.2. The first-order valence-corrected chi connectivity index (χ1v) is 24.0. The second-order valence-corrected chi connectivity index (χ2v) is 17.0. The highest BCUT2D eigenvalue weighted by Gasteiger charge is 2.51. The van der Waals surface area contributed by atoms with Crippen molar-refractivity contribution in [1.82, 2.24) is 0 Å². The molecule has 1 aliphatic carbocycles. The van der Waals surface area contributed by atoms with Crippen LogP contribution in [-0.4, -0.2) is 110 Å². The Morgan fingerprint density at radius 3 is 1.50 bits per heavy atom. The van der Waals surface area contributed by atoms with Crippen LogP contribution in [0.15, 0.2) is 48.6 Å². The zero-order valence-electron chi connectivity index (χ0n) is 36.2. The van der Waals surface area contributed by atoms with E-state index in [2.05, 4.69) is 43.4 Å². The molecule has 8 atom stereocenters. The maximum Gasteiger partial charge on any atom is 0.472 e. The molecule has 14 nitrogen and oxygen atoms in total. The number of hydrogen-bond donors (Lipinski definition) is 7. The third-order valence-corrected chi connectivity index (χ3v) is 11.2. The maximum absolute atomic E-state index is 12.8. The number of aliphatic hydroxyl groups excluding tert-OH is 6. The van der Waals surface area contributed by atoms with Crippen LogP contribution < -0.4 is 0 Å². The van der Waals surface area contributed by atoms with Crippen LogP contribution in [0.2, 0.25) is 0 Å². The molecule has 0 radical (unpaired) electrons. The van der Waals surface area contributed by atoms with E-state index in [0.29, 0.717) is 19.3 Å². The summed E-state index contributed by atoms with van der Waals surface area (Å²) in [6.07, 6.45) is 26.1. The van der Waals surface area contributed by atoms with Crippen molar-refractivity contribution < 1.29 is 68.2 Å². The number of unbranched alkanes of at least 4 members (excludes halogenated alkanes) is 16. The highest BCUT2D eigenvalue weighted by atomic mass is 31.2. The smallest absolute Gasteiger partial charge is 0.462 e. The number of carbonyl (C=O) groups is 2. The summed E-state index contributed by atoms with van der Waals surface area (Å²) in [5, 5.41) is 58.9. The summed E-state index contributed by atoms with van der Waals surface area (Å²) in [4.78, 5) is 35.6. The van der Waals surface area contributed by atoms with Crippen LogP contribution >= 0.6 is 7.82 Å². The van der Waals surface area contributed by atoms with E-state index in [1.807, 2.05) is 12.2 Å². The monoisotopic (exact) mass is 875 g/mol. The predicted octanol–water partition coefficient (Wildman–Crippen LogP) is 7.36. The molecule has 60 heavy (non-hydrogen) atoms. The van der Waals surface area contributed by atoms with Crippen LogP contribution in [0.25, 0.3) is 0 Å². The fourth-order valence-corrected chi connectivity index (χ4v) is 7.53. The van der Waals surface area contributed by atoms with Gasteiger partial charge in [0.05, 0.1) is 6.61 Å². The van der Waals surface area contributed by atoms with E-state index in [1.165, 1.54) is 57.8 Å². The van der Waals surface area contributed by atoms with Gasteiger partial charge in [-0.3, -0.25) is 18.6 Å². The van der Waals surface area contributed by atoms with Gasteiger partial charge in [-0.2, -0.15) is 0 Å². The molecule has 7 N–H and O–H groups in total. The lowest BCUT2D eigenvalue weighted by Gasteiger charge is -2.41. The molecule has 0 aromatic heterocycles. The Kier molecular flexibility index (Phi) is 33.7. The lowest BCUT2D eigenvalue weighted by Crippen LogP contribution is -2.64. The van der Waals surface area contributed by atoms with Crippen molar-refractivity contribution in [2.75, 3.05) is 19.8 Å². The van der Waals surface area contributed by atoms with Crippen molar-refractivity contribution in [2.24, 2.45) is 0 Å². The first-order valence-electron chi connectivity index (χ1n) is 22.6. The van der Waals surface area contributed by atoms with E-state index < -0.39 is 75.7 Å². The van der Waals surface area contributed by atoms with Gasteiger partial charge in [-0.05, 0) is 57.8 Å². The molecule has 1 saturated carbocycles. The third kappa shape index (κ3) is 28.4. The second-order valence-electron chi connectivity index (χ2n) is 15.6. The largest absolute Gasteiger partial charge is 0.472 e. The molecule has 1 aliphatic rings. The van der Waals surface area contributed by atoms with Crippen molar-refractivity contribution in [3.8, 4) is 0 Å². The number of allylic oxidation sites excluding steroid dienone is 8. The summed E-state index contributed by atoms with van der Waals surface area (Å²) < 4.78 is 33.4. The van der Waals surface area contributed by atoms with E-state index in [-0.39, 0.29) is 19.4 Å². The molecule has 1 rings (SSSR count). The Morgan fingerprint density at radius 2 is 0.983 bits per heavy atom. The Hall–Kier alpha value is -2.23. The molecule has 1 fully saturated rings. The molecule has 0 aliphatic heterocycles. The first kappa shape index (κ1) is 55.8. The van der Waals surface area contributed by atoms with Crippen molar-refractivity contribution in [1.29, 1.82) is 0 Å². The normalized spacial score (nSPS) is 22.6. The highest BCUT2D eigenvalue weighted by molar-refractivity contribution is 7.47. The standard InChI is InChI=1S/C45H79O14P/c1-2-3-4-5-6-7-8-14-17-20-23-26-29-32-38(47)56-35-37(36-57-60(54,55)59-45-43(52)41(50)40(49)42(51)44(45)53)58-39(48)33-30-27-24-21-18-15-12-10-9-11-13-16-19-22-25-28-31-34-46/h9,11-12,15-16,19,21,24,37,40-46,49-53H,2-8,10,13-14,17-18,20,22-23,25-36H2,1H3,(H,54,55)/b11-9-,15-12-,19-16-,24-21-/t37-,40?,41-,42+,43-,44-,45?/m1/s1. The van der Waals surface area contributed by atoms with E-state index in [0.717, 1.165) is 64.2 Å². The molecule has 0 aromatic carbocycles. The quantitative estimate of drug-likeness (QED) is 0.0140. The Morgan fingerprint density at radius 1 is 0.550 bits per heavy atom. The van der Waals surface area contributed by atoms with Crippen LogP contribution in [-0.2, 0) is 32.7 Å². The second kappa shape index (κ2) is 36.3. The van der Waals surface area contributed by atoms with Crippen LogP contribution in [0.3, 0.4) is 0 Å². The minimum absolute atomic E-state index is 0.0112. The maximum atomic E-state index is 12.8. The number of carbonyl (C=O) groups excluding carboxylic acids is 2. The van der Waals surface area contributed by atoms with Gasteiger partial charge in [0, 0.05) is 19.4 Å². The number of hydrogen-bond acceptors (Lipinski definition) is 13. The lowest BCUT2D eigenvalue weighted by molar-refractivity contribution is -0.220.